The minimum absolute atomic E-state index is 0.106. The molecule has 15 heavy (non-hydrogen) atoms. The molecule has 78 valence electrons. The molecular formula is C10H9NO4. The van der Waals surface area contributed by atoms with Crippen molar-refractivity contribution >= 4 is 17.4 Å². The van der Waals surface area contributed by atoms with E-state index in [1.807, 2.05) is 0 Å². The summed E-state index contributed by atoms with van der Waals surface area (Å²) in [5.74, 6) is -2.11. The van der Waals surface area contributed by atoms with Crippen molar-refractivity contribution in [2.24, 2.45) is 0 Å². The molecule has 0 heterocycles. The standard InChI is InChI=1S/C10H9NO4/c12-9(13)6-8(10(14)11-15)7-4-2-1-3-5-7/h1-6,15H,(H,11,14)(H,12,13)/b8-6-. The third-order valence-electron chi connectivity index (χ3n) is 1.70. The van der Waals surface area contributed by atoms with Gasteiger partial charge in [-0.15, -0.1) is 0 Å². The molecule has 0 fully saturated rings. The fraction of sp³-hybridized carbons (Fsp3) is 0. The molecule has 1 aromatic carbocycles. The van der Waals surface area contributed by atoms with Crippen LogP contribution >= 0.6 is 0 Å². The number of carbonyl (C=O) groups excluding carboxylic acids is 1. The zero-order valence-corrected chi connectivity index (χ0v) is 7.68. The van der Waals surface area contributed by atoms with E-state index in [2.05, 4.69) is 0 Å². The number of benzene rings is 1. The Morgan fingerprint density at radius 1 is 1.20 bits per heavy atom. The Labute approximate surface area is 85.6 Å². The van der Waals surface area contributed by atoms with Gasteiger partial charge in [0.05, 0.1) is 5.57 Å². The van der Waals surface area contributed by atoms with Crippen LogP contribution < -0.4 is 5.48 Å². The van der Waals surface area contributed by atoms with Gasteiger partial charge < -0.3 is 5.11 Å². The smallest absolute Gasteiger partial charge is 0.329 e. The van der Waals surface area contributed by atoms with Crippen LogP contribution in [-0.4, -0.2) is 22.2 Å². The first-order valence-electron chi connectivity index (χ1n) is 4.09. The minimum atomic E-state index is -1.25. The van der Waals surface area contributed by atoms with Crippen LogP contribution in [0.3, 0.4) is 0 Å². The topological polar surface area (TPSA) is 86.6 Å². The summed E-state index contributed by atoms with van der Waals surface area (Å²) in [5, 5.41) is 17.0. The molecule has 1 rings (SSSR count). The summed E-state index contributed by atoms with van der Waals surface area (Å²) in [4.78, 5) is 21.6. The largest absolute Gasteiger partial charge is 0.478 e. The summed E-state index contributed by atoms with van der Waals surface area (Å²) >= 11 is 0. The maximum Gasteiger partial charge on any atom is 0.329 e. The number of hydrogen-bond acceptors (Lipinski definition) is 3. The van der Waals surface area contributed by atoms with Gasteiger partial charge in [0.1, 0.15) is 0 Å². The van der Waals surface area contributed by atoms with Gasteiger partial charge in [-0.1, -0.05) is 30.3 Å². The molecule has 0 aliphatic carbocycles. The molecule has 0 aliphatic heterocycles. The van der Waals surface area contributed by atoms with E-state index in [0.29, 0.717) is 5.56 Å². The van der Waals surface area contributed by atoms with Crippen LogP contribution in [0.4, 0.5) is 0 Å². The zero-order chi connectivity index (χ0) is 11.3. The molecule has 0 radical (unpaired) electrons. The molecule has 0 aromatic heterocycles. The summed E-state index contributed by atoms with van der Waals surface area (Å²) in [7, 11) is 0. The Balaban J connectivity index is 3.13. The van der Waals surface area contributed by atoms with Crippen LogP contribution in [0.25, 0.3) is 5.57 Å². The van der Waals surface area contributed by atoms with Crippen molar-refractivity contribution in [2.45, 2.75) is 0 Å². The first-order valence-corrected chi connectivity index (χ1v) is 4.09. The van der Waals surface area contributed by atoms with Gasteiger partial charge in [0.2, 0.25) is 0 Å². The fourth-order valence-electron chi connectivity index (χ4n) is 1.08. The first kappa shape index (κ1) is 10.9. The van der Waals surface area contributed by atoms with E-state index in [-0.39, 0.29) is 5.57 Å². The van der Waals surface area contributed by atoms with Crippen molar-refractivity contribution in [3.63, 3.8) is 0 Å². The normalized spacial score (nSPS) is 10.9. The summed E-state index contributed by atoms with van der Waals surface area (Å²) < 4.78 is 0. The van der Waals surface area contributed by atoms with Gasteiger partial charge in [0.15, 0.2) is 0 Å². The van der Waals surface area contributed by atoms with E-state index in [1.54, 1.807) is 30.3 Å². The average molecular weight is 207 g/mol. The highest BCUT2D eigenvalue weighted by Gasteiger charge is 2.12. The third kappa shape index (κ3) is 2.92. The molecule has 0 aliphatic rings. The molecule has 0 spiro atoms. The molecule has 0 unspecified atom stereocenters. The minimum Gasteiger partial charge on any atom is -0.478 e. The molecule has 0 saturated heterocycles. The predicted octanol–water partition coefficient (Wildman–Crippen LogP) is 0.660. The maximum absolute atomic E-state index is 11.2. The molecule has 1 aromatic rings. The number of aliphatic carboxylic acids is 1. The fourth-order valence-corrected chi connectivity index (χ4v) is 1.08. The number of nitrogens with one attached hydrogen (secondary N) is 1. The van der Waals surface area contributed by atoms with Gasteiger partial charge in [-0.25, -0.2) is 10.3 Å². The second-order valence-electron chi connectivity index (χ2n) is 2.70. The van der Waals surface area contributed by atoms with Crippen molar-refractivity contribution in [3.05, 3.63) is 42.0 Å². The number of amides is 1. The lowest BCUT2D eigenvalue weighted by molar-refractivity contribution is -0.131. The van der Waals surface area contributed by atoms with E-state index < -0.39 is 11.9 Å². The van der Waals surface area contributed by atoms with Gasteiger partial charge in [-0.3, -0.25) is 10.0 Å². The van der Waals surface area contributed by atoms with Crippen LogP contribution in [0.15, 0.2) is 36.4 Å². The van der Waals surface area contributed by atoms with Crippen molar-refractivity contribution in [3.8, 4) is 0 Å². The Kier molecular flexibility index (Phi) is 3.59. The van der Waals surface area contributed by atoms with Crippen LogP contribution in [0.2, 0.25) is 0 Å². The van der Waals surface area contributed by atoms with Crippen LogP contribution in [0.5, 0.6) is 0 Å². The molecule has 1 amide bonds. The number of hydroxylamine groups is 1. The van der Waals surface area contributed by atoms with Crippen LogP contribution in [0.1, 0.15) is 5.56 Å². The zero-order valence-electron chi connectivity index (χ0n) is 7.68. The Morgan fingerprint density at radius 2 is 1.80 bits per heavy atom. The summed E-state index contributed by atoms with van der Waals surface area (Å²) in [6.45, 7) is 0. The average Bonchev–Trinajstić information content (AvgIpc) is 2.26. The van der Waals surface area contributed by atoms with Gasteiger partial charge >= 0.3 is 5.97 Å². The SMILES string of the molecule is O=C(O)/C=C(\C(=O)NO)c1ccccc1. The first-order chi connectivity index (χ1) is 7.15. The van der Waals surface area contributed by atoms with Gasteiger partial charge in [-0.2, -0.15) is 0 Å². The third-order valence-corrected chi connectivity index (χ3v) is 1.70. The van der Waals surface area contributed by atoms with Crippen LogP contribution in [0, 0.1) is 0 Å². The molecule has 0 atom stereocenters. The summed E-state index contributed by atoms with van der Waals surface area (Å²) in [6, 6.07) is 8.21. The molecular weight excluding hydrogens is 198 g/mol. The number of carboxylic acids is 1. The molecule has 5 heteroatoms. The van der Waals surface area contributed by atoms with Crippen molar-refractivity contribution < 1.29 is 19.9 Å². The van der Waals surface area contributed by atoms with Gasteiger partial charge in [-0.05, 0) is 5.56 Å². The predicted molar refractivity (Wildman–Crippen MR) is 52.0 cm³/mol. The Bertz CT molecular complexity index is 397. The van der Waals surface area contributed by atoms with Crippen molar-refractivity contribution in [1.29, 1.82) is 0 Å². The summed E-state index contributed by atoms with van der Waals surface area (Å²) in [6.07, 6.45) is 0.737. The maximum atomic E-state index is 11.2. The number of hydrogen-bond donors (Lipinski definition) is 3. The van der Waals surface area contributed by atoms with E-state index in [9.17, 15) is 9.59 Å². The second-order valence-corrected chi connectivity index (χ2v) is 2.70. The molecule has 3 N–H and O–H groups in total. The lowest BCUT2D eigenvalue weighted by atomic mass is 10.1. The second kappa shape index (κ2) is 4.92. The quantitative estimate of drug-likeness (QED) is 0.386. The van der Waals surface area contributed by atoms with E-state index in [0.717, 1.165) is 6.08 Å². The summed E-state index contributed by atoms with van der Waals surface area (Å²) in [5.41, 5.74) is 1.72. The lowest BCUT2D eigenvalue weighted by Crippen LogP contribution is -2.20. The van der Waals surface area contributed by atoms with Crippen LogP contribution in [-0.2, 0) is 9.59 Å². The monoisotopic (exact) mass is 207 g/mol. The Morgan fingerprint density at radius 3 is 2.27 bits per heavy atom. The highest BCUT2D eigenvalue weighted by molar-refractivity contribution is 6.22. The Hall–Kier alpha value is -2.14. The molecule has 0 saturated carbocycles. The van der Waals surface area contributed by atoms with E-state index >= 15 is 0 Å². The number of carbonyl (C=O) groups is 2. The van der Waals surface area contributed by atoms with Crippen molar-refractivity contribution in [2.75, 3.05) is 0 Å². The van der Waals surface area contributed by atoms with E-state index in [1.165, 1.54) is 5.48 Å². The van der Waals surface area contributed by atoms with Gasteiger partial charge in [0, 0.05) is 6.08 Å². The highest BCUT2D eigenvalue weighted by Crippen LogP contribution is 2.13. The molecule has 5 nitrogen and oxygen atoms in total. The highest BCUT2D eigenvalue weighted by atomic mass is 16.5. The lowest BCUT2D eigenvalue weighted by Gasteiger charge is -2.03. The number of rotatable bonds is 3. The van der Waals surface area contributed by atoms with E-state index in [4.69, 9.17) is 10.3 Å². The van der Waals surface area contributed by atoms with Crippen molar-refractivity contribution in [1.82, 2.24) is 5.48 Å². The molecule has 0 bridgehead atoms. The van der Waals surface area contributed by atoms with Gasteiger partial charge in [0.25, 0.3) is 5.91 Å². The number of carboxylic acid groups (broad SMARTS) is 1.